The lowest BCUT2D eigenvalue weighted by atomic mass is 10.0. The van der Waals surface area contributed by atoms with Gasteiger partial charge in [-0.1, -0.05) is 50.6 Å². The van der Waals surface area contributed by atoms with E-state index in [4.69, 9.17) is 15.2 Å². The average Bonchev–Trinajstić information content (AvgIpc) is 2.53. The fourth-order valence-corrected chi connectivity index (χ4v) is 2.52. The highest BCUT2D eigenvalue weighted by atomic mass is 17.1. The first-order valence-corrected chi connectivity index (χ1v) is 7.96. The third-order valence-electron chi connectivity index (χ3n) is 3.72. The Hall–Kier alpha value is -1.75. The summed E-state index contributed by atoms with van der Waals surface area (Å²) in [5.74, 6) is 0.585. The van der Waals surface area contributed by atoms with Gasteiger partial charge in [0, 0.05) is 5.56 Å². The SMILES string of the molecule is CCCCCCCCCc1cc(C=NO)c(OO)c(OC)c1. The van der Waals surface area contributed by atoms with E-state index in [9.17, 15) is 0 Å². The molecule has 0 heterocycles. The maximum Gasteiger partial charge on any atom is 0.215 e. The van der Waals surface area contributed by atoms with Crippen LogP contribution in [0.25, 0.3) is 0 Å². The van der Waals surface area contributed by atoms with E-state index in [2.05, 4.69) is 17.0 Å². The molecule has 2 N–H and O–H groups in total. The van der Waals surface area contributed by atoms with Crippen molar-refractivity contribution in [2.45, 2.75) is 58.3 Å². The first kappa shape index (κ1) is 18.3. The van der Waals surface area contributed by atoms with Crippen molar-refractivity contribution in [1.82, 2.24) is 0 Å². The molecule has 0 aliphatic carbocycles. The number of methoxy groups -OCH3 is 1. The normalized spacial score (nSPS) is 11.0. The molecule has 0 atom stereocenters. The minimum atomic E-state index is 0.156. The molecule has 5 nitrogen and oxygen atoms in total. The molecular weight excluding hydrogens is 282 g/mol. The van der Waals surface area contributed by atoms with Gasteiger partial charge in [0.05, 0.1) is 13.3 Å². The van der Waals surface area contributed by atoms with Crippen LogP contribution in [0.2, 0.25) is 0 Å². The molecule has 0 aliphatic rings. The Kier molecular flexibility index (Phi) is 9.07. The van der Waals surface area contributed by atoms with Crippen molar-refractivity contribution in [3.05, 3.63) is 23.3 Å². The Balaban J connectivity index is 2.57. The van der Waals surface area contributed by atoms with Crippen LogP contribution in [0.5, 0.6) is 11.5 Å². The van der Waals surface area contributed by atoms with Gasteiger partial charge in [0.1, 0.15) is 0 Å². The molecule has 124 valence electrons. The lowest BCUT2D eigenvalue weighted by Gasteiger charge is -2.11. The van der Waals surface area contributed by atoms with E-state index in [1.54, 1.807) is 0 Å². The number of nitrogens with zero attached hydrogens (tertiary/aromatic N) is 1. The third kappa shape index (κ3) is 5.93. The Morgan fingerprint density at radius 3 is 2.36 bits per heavy atom. The molecule has 0 amide bonds. The number of unbranched alkanes of at least 4 members (excludes halogenated alkanes) is 6. The Morgan fingerprint density at radius 2 is 1.77 bits per heavy atom. The van der Waals surface area contributed by atoms with Gasteiger partial charge in [-0.25, -0.2) is 5.26 Å². The summed E-state index contributed by atoms with van der Waals surface area (Å²) in [6.07, 6.45) is 10.9. The summed E-state index contributed by atoms with van der Waals surface area (Å²) in [7, 11) is 1.51. The summed E-state index contributed by atoms with van der Waals surface area (Å²) in [5, 5.41) is 20.6. The molecule has 1 aromatic carbocycles. The zero-order valence-corrected chi connectivity index (χ0v) is 13.5. The van der Waals surface area contributed by atoms with Crippen LogP contribution in [-0.2, 0) is 6.42 Å². The van der Waals surface area contributed by atoms with E-state index in [1.165, 1.54) is 51.8 Å². The van der Waals surface area contributed by atoms with Crippen LogP contribution in [-0.4, -0.2) is 23.8 Å². The van der Waals surface area contributed by atoms with Crippen molar-refractivity contribution >= 4 is 6.21 Å². The molecule has 0 fully saturated rings. The molecule has 0 bridgehead atoms. The lowest BCUT2D eigenvalue weighted by Crippen LogP contribution is -1.99. The predicted octanol–water partition coefficient (Wildman–Crippen LogP) is 4.65. The van der Waals surface area contributed by atoms with Crippen LogP contribution in [0.4, 0.5) is 0 Å². The van der Waals surface area contributed by atoms with E-state index < -0.39 is 0 Å². The second-order valence-electron chi connectivity index (χ2n) is 5.42. The smallest absolute Gasteiger partial charge is 0.215 e. The molecule has 0 aliphatic heterocycles. The van der Waals surface area contributed by atoms with Gasteiger partial charge < -0.3 is 14.8 Å². The molecule has 0 spiro atoms. The number of hydrogen-bond donors (Lipinski definition) is 2. The van der Waals surface area contributed by atoms with Crippen molar-refractivity contribution in [2.75, 3.05) is 7.11 Å². The summed E-state index contributed by atoms with van der Waals surface area (Å²) in [5.41, 5.74) is 1.56. The van der Waals surface area contributed by atoms with Gasteiger partial charge in [-0.15, -0.1) is 0 Å². The average molecular weight is 309 g/mol. The van der Waals surface area contributed by atoms with Crippen LogP contribution in [0.15, 0.2) is 17.3 Å². The zero-order valence-electron chi connectivity index (χ0n) is 13.5. The minimum absolute atomic E-state index is 0.156. The van der Waals surface area contributed by atoms with Gasteiger partial charge in [0.15, 0.2) is 5.75 Å². The molecule has 0 radical (unpaired) electrons. The topological polar surface area (TPSA) is 71.3 Å². The summed E-state index contributed by atoms with van der Waals surface area (Å²) in [6, 6.07) is 3.68. The molecule has 5 heteroatoms. The fourth-order valence-electron chi connectivity index (χ4n) is 2.52. The maximum atomic E-state index is 8.94. The molecule has 22 heavy (non-hydrogen) atoms. The van der Waals surface area contributed by atoms with Gasteiger partial charge in [-0.05, 0) is 30.5 Å². The van der Waals surface area contributed by atoms with Crippen molar-refractivity contribution in [3.63, 3.8) is 0 Å². The number of benzene rings is 1. The van der Waals surface area contributed by atoms with E-state index >= 15 is 0 Å². The number of oxime groups is 1. The Morgan fingerprint density at radius 1 is 1.09 bits per heavy atom. The Bertz CT molecular complexity index is 460. The second-order valence-corrected chi connectivity index (χ2v) is 5.42. The molecule has 0 saturated carbocycles. The minimum Gasteiger partial charge on any atom is -0.493 e. The zero-order chi connectivity index (χ0) is 16.2. The molecule has 1 aromatic rings. The summed E-state index contributed by atoms with van der Waals surface area (Å²) in [6.45, 7) is 2.22. The van der Waals surface area contributed by atoms with Crippen LogP contribution < -0.4 is 9.62 Å². The molecular formula is C17H27NO4. The maximum absolute atomic E-state index is 8.94. The number of rotatable bonds is 11. The number of aryl methyl sites for hydroxylation is 1. The standard InChI is InChI=1S/C17H27NO4/c1-3-4-5-6-7-8-9-10-14-11-15(13-18-19)17(22-20)16(12-14)21-2/h11-13,19-20H,3-10H2,1-2H3. The van der Waals surface area contributed by atoms with Gasteiger partial charge in [0.2, 0.25) is 5.75 Å². The lowest BCUT2D eigenvalue weighted by molar-refractivity contribution is -0.139. The third-order valence-corrected chi connectivity index (χ3v) is 3.72. The van der Waals surface area contributed by atoms with Crippen LogP contribution in [0.3, 0.4) is 0 Å². The molecule has 0 saturated heterocycles. The highest BCUT2D eigenvalue weighted by molar-refractivity contribution is 5.85. The summed E-state index contributed by atoms with van der Waals surface area (Å²) in [4.78, 5) is 4.33. The van der Waals surface area contributed by atoms with Crippen molar-refractivity contribution in [2.24, 2.45) is 5.16 Å². The number of hydrogen-bond acceptors (Lipinski definition) is 5. The first-order valence-electron chi connectivity index (χ1n) is 7.96. The van der Waals surface area contributed by atoms with Crippen LogP contribution in [0.1, 0.15) is 63.0 Å². The summed E-state index contributed by atoms with van der Waals surface area (Å²) < 4.78 is 5.21. The largest absolute Gasteiger partial charge is 0.493 e. The molecule has 0 unspecified atom stereocenters. The van der Waals surface area contributed by atoms with Crippen molar-refractivity contribution < 1.29 is 20.1 Å². The van der Waals surface area contributed by atoms with Gasteiger partial charge >= 0.3 is 0 Å². The summed E-state index contributed by atoms with van der Waals surface area (Å²) >= 11 is 0. The van der Waals surface area contributed by atoms with Crippen LogP contribution >= 0.6 is 0 Å². The van der Waals surface area contributed by atoms with Crippen molar-refractivity contribution in [1.29, 1.82) is 0 Å². The first-order chi connectivity index (χ1) is 10.8. The Labute approximate surface area is 132 Å². The quantitative estimate of drug-likeness (QED) is 0.205. The predicted molar refractivity (Wildman–Crippen MR) is 87.3 cm³/mol. The second kappa shape index (κ2) is 10.9. The van der Waals surface area contributed by atoms with E-state index in [0.717, 1.165) is 18.4 Å². The molecule has 1 rings (SSSR count). The van der Waals surface area contributed by atoms with Gasteiger partial charge in [-0.2, -0.15) is 0 Å². The van der Waals surface area contributed by atoms with Gasteiger partial charge in [0.25, 0.3) is 0 Å². The fraction of sp³-hybridized carbons (Fsp3) is 0.588. The highest BCUT2D eigenvalue weighted by Crippen LogP contribution is 2.32. The van der Waals surface area contributed by atoms with Crippen LogP contribution in [0, 0.1) is 0 Å². The molecule has 0 aromatic heterocycles. The van der Waals surface area contributed by atoms with E-state index in [1.807, 2.05) is 12.1 Å². The van der Waals surface area contributed by atoms with E-state index in [-0.39, 0.29) is 5.75 Å². The van der Waals surface area contributed by atoms with E-state index in [0.29, 0.717) is 11.3 Å². The highest BCUT2D eigenvalue weighted by Gasteiger charge is 2.12. The van der Waals surface area contributed by atoms with Gasteiger partial charge in [-0.3, -0.25) is 0 Å². The van der Waals surface area contributed by atoms with Crippen molar-refractivity contribution in [3.8, 4) is 11.5 Å². The number of ether oxygens (including phenoxy) is 1. The monoisotopic (exact) mass is 309 g/mol.